The molecule has 0 fully saturated rings. The molecule has 3 aromatic carbocycles. The number of benzene rings is 3. The van der Waals surface area contributed by atoms with Gasteiger partial charge in [-0.15, -0.1) is 0 Å². The molecule has 0 radical (unpaired) electrons. The number of rotatable bonds is 5. The first-order valence-corrected chi connectivity index (χ1v) is 9.49. The Morgan fingerprint density at radius 3 is 2.14 bits per heavy atom. The summed E-state index contributed by atoms with van der Waals surface area (Å²) in [6.45, 7) is 1.88. The molecule has 0 saturated carbocycles. The third kappa shape index (κ3) is 4.76. The van der Waals surface area contributed by atoms with Gasteiger partial charge in [0.2, 0.25) is 0 Å². The van der Waals surface area contributed by atoms with Crippen molar-refractivity contribution in [1.82, 2.24) is 0 Å². The Kier molecular flexibility index (Phi) is 6.20. The molecule has 0 atom stereocenters. The molecule has 29 heavy (non-hydrogen) atoms. The van der Waals surface area contributed by atoms with Crippen molar-refractivity contribution in [3.63, 3.8) is 0 Å². The van der Waals surface area contributed by atoms with Crippen molar-refractivity contribution in [3.8, 4) is 0 Å². The van der Waals surface area contributed by atoms with Gasteiger partial charge in [-0.3, -0.25) is 9.59 Å². The van der Waals surface area contributed by atoms with E-state index in [1.807, 2.05) is 32.0 Å². The maximum atomic E-state index is 12.8. The fourth-order valence-corrected chi connectivity index (χ4v) is 3.29. The number of hydrogen-bond acceptors (Lipinski definition) is 3. The maximum absolute atomic E-state index is 12.8. The predicted molar refractivity (Wildman–Crippen MR) is 119 cm³/mol. The lowest BCUT2D eigenvalue weighted by atomic mass is 10.1. The minimum Gasteiger partial charge on any atom is -0.375 e. The fourth-order valence-electron chi connectivity index (χ4n) is 2.95. The van der Waals surface area contributed by atoms with Gasteiger partial charge in [0.05, 0.1) is 16.4 Å². The second-order valence-corrected chi connectivity index (χ2v) is 7.24. The van der Waals surface area contributed by atoms with Crippen molar-refractivity contribution in [2.45, 2.75) is 6.92 Å². The molecule has 0 saturated heterocycles. The van der Waals surface area contributed by atoms with Gasteiger partial charge in [-0.05, 0) is 48.9 Å². The zero-order chi connectivity index (χ0) is 21.0. The van der Waals surface area contributed by atoms with E-state index in [1.54, 1.807) is 60.7 Å². The number of carbonyl (C=O) groups is 2. The Bertz CT molecular complexity index is 1050. The summed E-state index contributed by atoms with van der Waals surface area (Å²) in [5.74, 6) is -0.512. The smallest absolute Gasteiger partial charge is 0.255 e. The highest BCUT2D eigenvalue weighted by Crippen LogP contribution is 2.33. The van der Waals surface area contributed by atoms with Gasteiger partial charge in [-0.1, -0.05) is 41.9 Å². The monoisotopic (exact) mass is 407 g/mol. The van der Waals surface area contributed by atoms with E-state index in [0.29, 0.717) is 27.5 Å². The van der Waals surface area contributed by atoms with Gasteiger partial charge in [-0.25, -0.2) is 0 Å². The summed E-state index contributed by atoms with van der Waals surface area (Å²) in [6, 6.07) is 19.5. The van der Waals surface area contributed by atoms with E-state index in [2.05, 4.69) is 10.6 Å². The topological polar surface area (TPSA) is 61.4 Å². The molecule has 3 aromatic rings. The van der Waals surface area contributed by atoms with E-state index < -0.39 is 0 Å². The van der Waals surface area contributed by atoms with Crippen LogP contribution in [0.25, 0.3) is 0 Å². The van der Waals surface area contributed by atoms with Crippen molar-refractivity contribution >= 4 is 40.5 Å². The molecule has 3 rings (SSSR count). The SMILES string of the molecule is Cc1ccc(C(=O)Nc2cccc(Cl)c2N(C)C)cc1NC(=O)c1ccccc1. The molecule has 2 N–H and O–H groups in total. The number of hydrogen-bond donors (Lipinski definition) is 2. The third-order valence-electron chi connectivity index (χ3n) is 4.47. The van der Waals surface area contributed by atoms with Crippen LogP contribution in [0.5, 0.6) is 0 Å². The Morgan fingerprint density at radius 1 is 0.793 bits per heavy atom. The van der Waals surface area contributed by atoms with Crippen LogP contribution in [0.2, 0.25) is 5.02 Å². The van der Waals surface area contributed by atoms with Gasteiger partial charge in [0.15, 0.2) is 0 Å². The first kappa shape index (κ1) is 20.4. The van der Waals surface area contributed by atoms with Gasteiger partial charge in [0.25, 0.3) is 11.8 Å². The first-order valence-electron chi connectivity index (χ1n) is 9.11. The van der Waals surface area contributed by atoms with Gasteiger partial charge < -0.3 is 15.5 Å². The fraction of sp³-hybridized carbons (Fsp3) is 0.130. The Labute approximate surface area is 175 Å². The van der Waals surface area contributed by atoms with Crippen LogP contribution in [0.3, 0.4) is 0 Å². The van der Waals surface area contributed by atoms with E-state index in [-0.39, 0.29) is 11.8 Å². The second kappa shape index (κ2) is 8.80. The third-order valence-corrected chi connectivity index (χ3v) is 4.77. The lowest BCUT2D eigenvalue weighted by Crippen LogP contribution is -2.18. The molecule has 0 aliphatic heterocycles. The van der Waals surface area contributed by atoms with Crippen LogP contribution in [-0.4, -0.2) is 25.9 Å². The minimum absolute atomic E-state index is 0.226. The molecule has 0 bridgehead atoms. The zero-order valence-corrected chi connectivity index (χ0v) is 17.2. The molecule has 0 aliphatic carbocycles. The summed E-state index contributed by atoms with van der Waals surface area (Å²) in [6.07, 6.45) is 0. The van der Waals surface area contributed by atoms with Crippen molar-refractivity contribution in [1.29, 1.82) is 0 Å². The molecule has 5 nitrogen and oxygen atoms in total. The predicted octanol–water partition coefficient (Wildman–Crippen LogP) is 5.22. The van der Waals surface area contributed by atoms with Crippen molar-refractivity contribution in [2.24, 2.45) is 0 Å². The molecule has 0 heterocycles. The van der Waals surface area contributed by atoms with E-state index >= 15 is 0 Å². The molecule has 148 valence electrons. The Morgan fingerprint density at radius 2 is 1.45 bits per heavy atom. The summed E-state index contributed by atoms with van der Waals surface area (Å²) in [7, 11) is 3.72. The highest BCUT2D eigenvalue weighted by molar-refractivity contribution is 6.34. The number of anilines is 3. The first-order chi connectivity index (χ1) is 13.9. The van der Waals surface area contributed by atoms with Crippen molar-refractivity contribution < 1.29 is 9.59 Å². The van der Waals surface area contributed by atoms with Gasteiger partial charge in [0.1, 0.15) is 0 Å². The lowest BCUT2D eigenvalue weighted by molar-refractivity contribution is 0.101. The number of carbonyl (C=O) groups excluding carboxylic acids is 2. The summed E-state index contributed by atoms with van der Waals surface area (Å²) in [4.78, 5) is 27.1. The zero-order valence-electron chi connectivity index (χ0n) is 16.5. The summed E-state index contributed by atoms with van der Waals surface area (Å²) in [5.41, 5.74) is 3.78. The molecule has 0 unspecified atom stereocenters. The highest BCUT2D eigenvalue weighted by atomic mass is 35.5. The molecule has 6 heteroatoms. The second-order valence-electron chi connectivity index (χ2n) is 6.83. The van der Waals surface area contributed by atoms with E-state index in [1.165, 1.54) is 0 Å². The minimum atomic E-state index is -0.287. The van der Waals surface area contributed by atoms with E-state index in [9.17, 15) is 9.59 Å². The van der Waals surface area contributed by atoms with E-state index in [0.717, 1.165) is 11.3 Å². The molecule has 0 spiro atoms. The quantitative estimate of drug-likeness (QED) is 0.609. The lowest BCUT2D eigenvalue weighted by Gasteiger charge is -2.19. The summed E-state index contributed by atoms with van der Waals surface area (Å²) >= 11 is 6.27. The largest absolute Gasteiger partial charge is 0.375 e. The van der Waals surface area contributed by atoms with E-state index in [4.69, 9.17) is 11.6 Å². The van der Waals surface area contributed by atoms with Crippen LogP contribution < -0.4 is 15.5 Å². The maximum Gasteiger partial charge on any atom is 0.255 e. The normalized spacial score (nSPS) is 10.3. The van der Waals surface area contributed by atoms with Crippen LogP contribution in [-0.2, 0) is 0 Å². The summed E-state index contributed by atoms with van der Waals surface area (Å²) in [5, 5.41) is 6.33. The standard InChI is InChI=1S/C23H22ClN3O2/c1-15-12-13-17(14-20(15)26-22(28)16-8-5-4-6-9-16)23(29)25-19-11-7-10-18(24)21(19)27(2)3/h4-14H,1-3H3,(H,25,29)(H,26,28). The van der Waals surface area contributed by atoms with Crippen molar-refractivity contribution in [2.75, 3.05) is 29.6 Å². The van der Waals surface area contributed by atoms with Crippen molar-refractivity contribution in [3.05, 3.63) is 88.4 Å². The number of aryl methyl sites for hydroxylation is 1. The Balaban J connectivity index is 1.83. The van der Waals surface area contributed by atoms with Gasteiger partial charge in [-0.2, -0.15) is 0 Å². The number of nitrogens with zero attached hydrogens (tertiary/aromatic N) is 1. The van der Waals surface area contributed by atoms with Crippen LogP contribution in [0, 0.1) is 6.92 Å². The summed E-state index contributed by atoms with van der Waals surface area (Å²) < 4.78 is 0. The Hall–Kier alpha value is -3.31. The molecule has 2 amide bonds. The van der Waals surface area contributed by atoms with Crippen LogP contribution in [0.1, 0.15) is 26.3 Å². The average molecular weight is 408 g/mol. The number of halogens is 1. The molecular weight excluding hydrogens is 386 g/mol. The van der Waals surface area contributed by atoms with Gasteiger partial charge >= 0.3 is 0 Å². The molecule has 0 aliphatic rings. The molecule has 0 aromatic heterocycles. The van der Waals surface area contributed by atoms with Crippen LogP contribution in [0.4, 0.5) is 17.1 Å². The number of para-hydroxylation sites is 1. The molecular formula is C23H22ClN3O2. The van der Waals surface area contributed by atoms with Gasteiger partial charge in [0, 0.05) is 30.9 Å². The number of amides is 2. The highest BCUT2D eigenvalue weighted by Gasteiger charge is 2.15. The average Bonchev–Trinajstić information content (AvgIpc) is 2.70. The van der Waals surface area contributed by atoms with Crippen LogP contribution >= 0.6 is 11.6 Å². The number of nitrogens with one attached hydrogen (secondary N) is 2. The van der Waals surface area contributed by atoms with Crippen LogP contribution in [0.15, 0.2) is 66.7 Å².